The number of nitrogens with one attached hydrogen (secondary N) is 1. The number of rotatable bonds is 1. The Hall–Kier alpha value is -0.650. The van der Waals surface area contributed by atoms with E-state index in [1.54, 1.807) is 17.0 Å². The van der Waals surface area contributed by atoms with Gasteiger partial charge >= 0.3 is 0 Å². The molecule has 0 saturated carbocycles. The van der Waals surface area contributed by atoms with Gasteiger partial charge in [-0.1, -0.05) is 0 Å². The molecule has 18 heavy (non-hydrogen) atoms. The van der Waals surface area contributed by atoms with Crippen LogP contribution in [0.4, 0.5) is 4.39 Å². The number of halogens is 3. The highest BCUT2D eigenvalue weighted by Crippen LogP contribution is 2.18. The van der Waals surface area contributed by atoms with Gasteiger partial charge in [0.2, 0.25) is 0 Å². The van der Waals surface area contributed by atoms with Gasteiger partial charge < -0.3 is 10.2 Å². The van der Waals surface area contributed by atoms with Crippen LogP contribution in [0.5, 0.6) is 0 Å². The molecule has 1 atom stereocenters. The van der Waals surface area contributed by atoms with Crippen molar-refractivity contribution in [2.45, 2.75) is 13.0 Å². The van der Waals surface area contributed by atoms with Crippen molar-refractivity contribution in [2.24, 2.45) is 0 Å². The van der Waals surface area contributed by atoms with Gasteiger partial charge in [-0.05, 0) is 41.1 Å². The fraction of sp³-hybridized carbons (Fsp3) is 0.417. The Morgan fingerprint density at radius 1 is 1.56 bits per heavy atom. The van der Waals surface area contributed by atoms with Crippen LogP contribution in [0.15, 0.2) is 22.7 Å². The Morgan fingerprint density at radius 2 is 2.28 bits per heavy atom. The molecule has 0 radical (unpaired) electrons. The third-order valence-corrected chi connectivity index (χ3v) is 3.57. The third kappa shape index (κ3) is 3.22. The first-order valence-corrected chi connectivity index (χ1v) is 6.35. The number of carbonyl (C=O) groups is 1. The lowest BCUT2D eigenvalue weighted by Crippen LogP contribution is -2.52. The standard InChI is InChI=1S/C12H14BrFN2O.ClH/c1-8-7-15-4-5-16(8)12(17)9-2-3-10(13)11(14)6-9;/h2-3,6,8,15H,4-5,7H2,1H3;1H/t8-;/m0./s1. The predicted molar refractivity (Wildman–Crippen MR) is 74.7 cm³/mol. The Morgan fingerprint density at radius 3 is 2.89 bits per heavy atom. The number of nitrogens with zero attached hydrogens (tertiary/aromatic N) is 1. The van der Waals surface area contributed by atoms with Gasteiger partial charge in [0.25, 0.3) is 5.91 Å². The van der Waals surface area contributed by atoms with E-state index in [1.807, 2.05) is 6.92 Å². The SMILES string of the molecule is C[C@H]1CNCCN1C(=O)c1ccc(Br)c(F)c1.Cl. The molecule has 1 aromatic carbocycles. The number of benzene rings is 1. The van der Waals surface area contributed by atoms with Crippen molar-refractivity contribution in [1.29, 1.82) is 0 Å². The molecule has 0 aliphatic carbocycles. The molecule has 1 aliphatic heterocycles. The van der Waals surface area contributed by atoms with Crippen LogP contribution < -0.4 is 5.32 Å². The summed E-state index contributed by atoms with van der Waals surface area (Å²) in [6.07, 6.45) is 0. The lowest BCUT2D eigenvalue weighted by molar-refractivity contribution is 0.0655. The molecule has 6 heteroatoms. The number of amides is 1. The van der Waals surface area contributed by atoms with Crippen LogP contribution in [0.1, 0.15) is 17.3 Å². The fourth-order valence-electron chi connectivity index (χ4n) is 1.94. The van der Waals surface area contributed by atoms with Crippen molar-refractivity contribution in [3.63, 3.8) is 0 Å². The third-order valence-electron chi connectivity index (χ3n) is 2.93. The Balaban J connectivity index is 0.00000162. The minimum absolute atomic E-state index is 0. The zero-order valence-electron chi connectivity index (χ0n) is 9.95. The first kappa shape index (κ1) is 15.4. The number of carbonyl (C=O) groups excluding carboxylic acids is 1. The number of hydrogen-bond donors (Lipinski definition) is 1. The zero-order valence-corrected chi connectivity index (χ0v) is 12.4. The molecule has 0 aromatic heterocycles. The van der Waals surface area contributed by atoms with Gasteiger partial charge in [-0.15, -0.1) is 12.4 Å². The van der Waals surface area contributed by atoms with Crippen LogP contribution >= 0.6 is 28.3 Å². The summed E-state index contributed by atoms with van der Waals surface area (Å²) in [5, 5.41) is 3.22. The molecule has 1 fully saturated rings. The van der Waals surface area contributed by atoms with Gasteiger partial charge in [-0.3, -0.25) is 4.79 Å². The highest BCUT2D eigenvalue weighted by molar-refractivity contribution is 9.10. The normalized spacial score (nSPS) is 19.3. The van der Waals surface area contributed by atoms with Crippen LogP contribution in [-0.4, -0.2) is 36.5 Å². The van der Waals surface area contributed by atoms with Crippen molar-refractivity contribution in [3.05, 3.63) is 34.1 Å². The second-order valence-electron chi connectivity index (χ2n) is 4.18. The molecular formula is C12H15BrClFN2O. The van der Waals surface area contributed by atoms with E-state index in [0.29, 0.717) is 16.6 Å². The molecule has 0 unspecified atom stereocenters. The van der Waals surface area contributed by atoms with Crippen LogP contribution in [0, 0.1) is 5.82 Å². The average Bonchev–Trinajstić information content (AvgIpc) is 2.32. The van der Waals surface area contributed by atoms with Crippen LogP contribution in [0.2, 0.25) is 0 Å². The van der Waals surface area contributed by atoms with Crippen molar-refractivity contribution >= 4 is 34.2 Å². The maximum atomic E-state index is 13.4. The second-order valence-corrected chi connectivity index (χ2v) is 5.03. The largest absolute Gasteiger partial charge is 0.333 e. The maximum absolute atomic E-state index is 13.4. The summed E-state index contributed by atoms with van der Waals surface area (Å²) in [5.74, 6) is -0.510. The van der Waals surface area contributed by atoms with Gasteiger partial charge in [0.1, 0.15) is 5.82 Å². The van der Waals surface area contributed by atoms with E-state index in [2.05, 4.69) is 21.2 Å². The molecule has 3 nitrogen and oxygen atoms in total. The topological polar surface area (TPSA) is 32.3 Å². The molecule has 100 valence electrons. The van der Waals surface area contributed by atoms with Crippen LogP contribution in [0.3, 0.4) is 0 Å². The Kier molecular flexibility index (Phi) is 5.56. The average molecular weight is 338 g/mol. The van der Waals surface area contributed by atoms with Crippen molar-refractivity contribution in [3.8, 4) is 0 Å². The summed E-state index contributed by atoms with van der Waals surface area (Å²) in [6.45, 7) is 4.22. The molecule has 1 aliphatic rings. The van der Waals surface area contributed by atoms with E-state index < -0.39 is 5.82 Å². The molecule has 1 heterocycles. The first-order chi connectivity index (χ1) is 8.09. The molecule has 1 aromatic rings. The van der Waals surface area contributed by atoms with Crippen molar-refractivity contribution in [2.75, 3.05) is 19.6 Å². The van der Waals surface area contributed by atoms with Crippen molar-refractivity contribution < 1.29 is 9.18 Å². The van der Waals surface area contributed by atoms with Crippen molar-refractivity contribution in [1.82, 2.24) is 10.2 Å². The molecule has 1 saturated heterocycles. The van der Waals surface area contributed by atoms with Crippen LogP contribution in [0.25, 0.3) is 0 Å². The quantitative estimate of drug-likeness (QED) is 0.854. The number of piperazine rings is 1. The van der Waals surface area contributed by atoms with Gasteiger partial charge in [0.05, 0.1) is 4.47 Å². The van der Waals surface area contributed by atoms with Gasteiger partial charge in [-0.2, -0.15) is 0 Å². The smallest absolute Gasteiger partial charge is 0.254 e. The highest BCUT2D eigenvalue weighted by Gasteiger charge is 2.24. The van der Waals surface area contributed by atoms with E-state index in [-0.39, 0.29) is 24.4 Å². The summed E-state index contributed by atoms with van der Waals surface area (Å²) in [7, 11) is 0. The minimum atomic E-state index is -0.404. The maximum Gasteiger partial charge on any atom is 0.254 e. The molecule has 2 rings (SSSR count). The summed E-state index contributed by atoms with van der Waals surface area (Å²) < 4.78 is 13.8. The Labute approximate surface area is 120 Å². The van der Waals surface area contributed by atoms with Gasteiger partial charge in [0, 0.05) is 31.2 Å². The highest BCUT2D eigenvalue weighted by atomic mass is 79.9. The lowest BCUT2D eigenvalue weighted by atomic mass is 10.1. The summed E-state index contributed by atoms with van der Waals surface area (Å²) in [6, 6.07) is 4.63. The summed E-state index contributed by atoms with van der Waals surface area (Å²) >= 11 is 3.08. The molecular weight excluding hydrogens is 322 g/mol. The van der Waals surface area contributed by atoms with Crippen LogP contribution in [-0.2, 0) is 0 Å². The second kappa shape index (κ2) is 6.50. The predicted octanol–water partition coefficient (Wildman–Crippen LogP) is 2.44. The van der Waals surface area contributed by atoms with E-state index in [9.17, 15) is 9.18 Å². The summed E-state index contributed by atoms with van der Waals surface area (Å²) in [5.41, 5.74) is 0.402. The van der Waals surface area contributed by atoms with Gasteiger partial charge in [0.15, 0.2) is 0 Å². The molecule has 0 spiro atoms. The molecule has 1 N–H and O–H groups in total. The van der Waals surface area contributed by atoms with E-state index in [4.69, 9.17) is 0 Å². The fourth-order valence-corrected chi connectivity index (χ4v) is 2.18. The van der Waals surface area contributed by atoms with Gasteiger partial charge in [-0.25, -0.2) is 4.39 Å². The summed E-state index contributed by atoms with van der Waals surface area (Å²) in [4.78, 5) is 14.0. The van der Waals surface area contributed by atoms with E-state index in [0.717, 1.165) is 13.1 Å². The Bertz CT molecular complexity index is 444. The lowest BCUT2D eigenvalue weighted by Gasteiger charge is -2.34. The molecule has 1 amide bonds. The van der Waals surface area contributed by atoms with E-state index in [1.165, 1.54) is 6.07 Å². The van der Waals surface area contributed by atoms with E-state index >= 15 is 0 Å². The zero-order chi connectivity index (χ0) is 12.4. The molecule has 0 bridgehead atoms. The monoisotopic (exact) mass is 336 g/mol. The minimum Gasteiger partial charge on any atom is -0.333 e. The number of hydrogen-bond acceptors (Lipinski definition) is 2. The first-order valence-electron chi connectivity index (χ1n) is 5.56.